The lowest BCUT2D eigenvalue weighted by atomic mass is 9.61. The van der Waals surface area contributed by atoms with Crippen LogP contribution in [0.25, 0.3) is 6.20 Å². The Morgan fingerprint density at radius 2 is 1.97 bits per heavy atom. The molecule has 2 fully saturated rings. The van der Waals surface area contributed by atoms with Gasteiger partial charge in [-0.3, -0.25) is 9.59 Å². The molecule has 1 heterocycles. The minimum atomic E-state index is -0.692. The molecule has 8 nitrogen and oxygen atoms in total. The van der Waals surface area contributed by atoms with Crippen molar-refractivity contribution in [3.05, 3.63) is 17.8 Å². The van der Waals surface area contributed by atoms with E-state index in [1.807, 2.05) is 19.9 Å². The number of hydrogen-bond acceptors (Lipinski definition) is 5. The van der Waals surface area contributed by atoms with Crippen molar-refractivity contribution >= 4 is 18.0 Å². The summed E-state index contributed by atoms with van der Waals surface area (Å²) < 4.78 is 7.58. The van der Waals surface area contributed by atoms with Crippen LogP contribution in [0.3, 0.4) is 0 Å². The first kappa shape index (κ1) is 25.3. The molecule has 8 heteroatoms. The zero-order chi connectivity index (χ0) is 24.4. The van der Waals surface area contributed by atoms with Gasteiger partial charge in [-0.1, -0.05) is 27.2 Å². The van der Waals surface area contributed by atoms with Crippen LogP contribution in [0.1, 0.15) is 84.0 Å². The van der Waals surface area contributed by atoms with Crippen molar-refractivity contribution in [1.82, 2.24) is 20.4 Å². The van der Waals surface area contributed by atoms with Gasteiger partial charge >= 0.3 is 0 Å². The van der Waals surface area contributed by atoms with Crippen LogP contribution in [0, 0.1) is 23.7 Å². The van der Waals surface area contributed by atoms with Crippen LogP contribution in [0.2, 0.25) is 0 Å². The van der Waals surface area contributed by atoms with Crippen LogP contribution < -0.4 is 21.1 Å². The Labute approximate surface area is 197 Å². The largest absolute Gasteiger partial charge is 0.477 e. The highest BCUT2D eigenvalue weighted by Crippen LogP contribution is 2.46. The van der Waals surface area contributed by atoms with E-state index in [4.69, 9.17) is 10.5 Å². The number of nitrogens with two attached hydrogens (primary N) is 1. The minimum Gasteiger partial charge on any atom is -0.477 e. The lowest BCUT2D eigenvalue weighted by molar-refractivity contribution is -0.120. The summed E-state index contributed by atoms with van der Waals surface area (Å²) in [6.45, 7) is 12.1. The number of hydrogen-bond donors (Lipinski definition) is 3. The van der Waals surface area contributed by atoms with Crippen molar-refractivity contribution in [3.8, 4) is 5.88 Å². The lowest BCUT2D eigenvalue weighted by Gasteiger charge is -2.52. The first-order chi connectivity index (χ1) is 15.4. The number of nitrogens with one attached hydrogen (secondary N) is 2. The summed E-state index contributed by atoms with van der Waals surface area (Å²) in [5, 5.41) is 10.5. The maximum absolute atomic E-state index is 13.5. The maximum atomic E-state index is 13.5. The Bertz CT molecular complexity index is 875. The summed E-state index contributed by atoms with van der Waals surface area (Å²) in [7, 11) is 0. The van der Waals surface area contributed by atoms with Gasteiger partial charge in [0.1, 0.15) is 5.56 Å². The average Bonchev–Trinajstić information content (AvgIpc) is 3.08. The first-order valence-electron chi connectivity index (χ1n) is 12.2. The molecule has 1 aromatic heterocycles. The molecule has 184 valence electrons. The highest BCUT2D eigenvalue weighted by molar-refractivity contribution is 5.97. The molecule has 0 aliphatic heterocycles. The van der Waals surface area contributed by atoms with E-state index in [9.17, 15) is 9.59 Å². The summed E-state index contributed by atoms with van der Waals surface area (Å²) in [6, 6.07) is 0. The number of rotatable bonds is 8. The fourth-order valence-electron chi connectivity index (χ4n) is 5.34. The Balaban J connectivity index is 1.85. The van der Waals surface area contributed by atoms with Crippen LogP contribution >= 0.6 is 0 Å². The Morgan fingerprint density at radius 1 is 1.33 bits per heavy atom. The van der Waals surface area contributed by atoms with Crippen molar-refractivity contribution in [2.45, 2.75) is 84.8 Å². The predicted molar refractivity (Wildman–Crippen MR) is 129 cm³/mol. The van der Waals surface area contributed by atoms with Gasteiger partial charge in [0.05, 0.1) is 24.0 Å². The molecule has 2 unspecified atom stereocenters. The van der Waals surface area contributed by atoms with Gasteiger partial charge in [-0.05, 0) is 69.3 Å². The first-order valence-corrected chi connectivity index (χ1v) is 12.2. The second kappa shape index (κ2) is 9.87. The van der Waals surface area contributed by atoms with E-state index in [1.165, 1.54) is 19.5 Å². The zero-order valence-corrected chi connectivity index (χ0v) is 21.0. The summed E-state index contributed by atoms with van der Waals surface area (Å²) in [4.78, 5) is 24.9. The highest BCUT2D eigenvalue weighted by atomic mass is 16.5. The molecule has 2 aliphatic carbocycles. The zero-order valence-electron chi connectivity index (χ0n) is 21.0. The SMILES string of the molecule is CC(=O)NC(C)(C)/C=C/n1ncc(C(=O)NC2(N)C3CCCC2CC(C)C3)c1OCC(C)C. The molecule has 2 bridgehead atoms. The Hall–Kier alpha value is -2.35. The van der Waals surface area contributed by atoms with E-state index in [-0.39, 0.29) is 29.6 Å². The van der Waals surface area contributed by atoms with Gasteiger partial charge in [0.15, 0.2) is 0 Å². The van der Waals surface area contributed by atoms with Crippen LogP contribution in [-0.2, 0) is 4.79 Å². The number of fused-ring (bicyclic) bond motifs is 2. The fraction of sp³-hybridized carbons (Fsp3) is 0.720. The summed E-state index contributed by atoms with van der Waals surface area (Å²) in [5.41, 5.74) is 6.00. The molecule has 4 N–H and O–H groups in total. The molecule has 0 spiro atoms. The number of carbonyl (C=O) groups excluding carboxylic acids is 2. The third kappa shape index (κ3) is 5.96. The third-order valence-electron chi connectivity index (χ3n) is 6.84. The highest BCUT2D eigenvalue weighted by Gasteiger charge is 2.49. The van der Waals surface area contributed by atoms with Crippen LogP contribution in [0.15, 0.2) is 12.3 Å². The molecule has 3 rings (SSSR count). The average molecular weight is 460 g/mol. The van der Waals surface area contributed by atoms with Gasteiger partial charge in [-0.2, -0.15) is 5.10 Å². The molecular weight excluding hydrogens is 418 g/mol. The minimum absolute atomic E-state index is 0.123. The second-order valence-electron chi connectivity index (χ2n) is 11.0. The van der Waals surface area contributed by atoms with Gasteiger partial charge in [0.25, 0.3) is 5.91 Å². The molecule has 33 heavy (non-hydrogen) atoms. The van der Waals surface area contributed by atoms with Crippen molar-refractivity contribution in [2.24, 2.45) is 29.4 Å². The molecule has 2 amide bonds. The van der Waals surface area contributed by atoms with E-state index in [1.54, 1.807) is 10.9 Å². The second-order valence-corrected chi connectivity index (χ2v) is 11.0. The standard InChI is InChI=1S/C25H41N5O3/c1-16(2)15-33-23-21(14-27-30(23)11-10-24(5,6)28-18(4)31)22(32)29-25(26)19-8-7-9-20(25)13-17(3)12-19/h10-11,14,16-17,19-20H,7-9,12-13,15,26H2,1-6H3,(H,28,31)(H,29,32)/b11-10+. The summed E-state index contributed by atoms with van der Waals surface area (Å²) in [5.74, 6) is 1.51. The molecule has 0 saturated heterocycles. The smallest absolute Gasteiger partial charge is 0.259 e. The monoisotopic (exact) mass is 459 g/mol. The van der Waals surface area contributed by atoms with E-state index in [2.05, 4.69) is 36.5 Å². The number of carbonyl (C=O) groups is 2. The number of ether oxygens (including phenoxy) is 1. The topological polar surface area (TPSA) is 111 Å². The van der Waals surface area contributed by atoms with Crippen LogP contribution in [-0.4, -0.2) is 39.4 Å². The van der Waals surface area contributed by atoms with Crippen LogP contribution in [0.5, 0.6) is 5.88 Å². The number of amides is 2. The van der Waals surface area contributed by atoms with Crippen LogP contribution in [0.4, 0.5) is 0 Å². The predicted octanol–water partition coefficient (Wildman–Crippen LogP) is 3.53. The van der Waals surface area contributed by atoms with Crippen molar-refractivity contribution in [1.29, 1.82) is 0 Å². The number of aromatic nitrogens is 2. The van der Waals surface area contributed by atoms with Crippen molar-refractivity contribution < 1.29 is 14.3 Å². The maximum Gasteiger partial charge on any atom is 0.259 e. The van der Waals surface area contributed by atoms with E-state index < -0.39 is 11.2 Å². The van der Waals surface area contributed by atoms with Gasteiger partial charge in [-0.15, -0.1) is 0 Å². The quantitative estimate of drug-likeness (QED) is 0.515. The normalized spacial score (nSPS) is 27.6. The summed E-state index contributed by atoms with van der Waals surface area (Å²) in [6.07, 6.45) is 10.4. The lowest BCUT2D eigenvalue weighted by Crippen LogP contribution is -2.68. The Morgan fingerprint density at radius 3 is 2.55 bits per heavy atom. The van der Waals surface area contributed by atoms with E-state index in [0.29, 0.717) is 24.0 Å². The van der Waals surface area contributed by atoms with E-state index in [0.717, 1.165) is 25.7 Å². The van der Waals surface area contributed by atoms with Gasteiger partial charge in [0.2, 0.25) is 11.8 Å². The molecule has 0 radical (unpaired) electrons. The van der Waals surface area contributed by atoms with E-state index >= 15 is 0 Å². The number of nitrogens with zero attached hydrogens (tertiary/aromatic N) is 2. The molecule has 0 aromatic carbocycles. The van der Waals surface area contributed by atoms with Gasteiger partial charge < -0.3 is 21.1 Å². The molecule has 2 saturated carbocycles. The molecule has 2 aliphatic rings. The Kier molecular flexibility index (Phi) is 7.56. The van der Waals surface area contributed by atoms with Gasteiger partial charge in [-0.25, -0.2) is 4.68 Å². The molecular formula is C25H41N5O3. The summed E-state index contributed by atoms with van der Waals surface area (Å²) >= 11 is 0. The van der Waals surface area contributed by atoms with Crippen molar-refractivity contribution in [2.75, 3.05) is 6.61 Å². The third-order valence-corrected chi connectivity index (χ3v) is 6.84. The molecule has 2 atom stereocenters. The van der Waals surface area contributed by atoms with Crippen molar-refractivity contribution in [3.63, 3.8) is 0 Å². The molecule has 1 aromatic rings. The fourth-order valence-corrected chi connectivity index (χ4v) is 5.34. The van der Waals surface area contributed by atoms with Gasteiger partial charge in [0, 0.05) is 13.1 Å².